The Hall–Kier alpha value is -5.50. The number of amides is 2. The maximum absolute atomic E-state index is 13.4. The van der Waals surface area contributed by atoms with Gasteiger partial charge in [-0.15, -0.1) is 0 Å². The molecule has 2 fully saturated rings. The van der Waals surface area contributed by atoms with Crippen molar-refractivity contribution >= 4 is 46.8 Å². The fourth-order valence-electron chi connectivity index (χ4n) is 7.54. The molecule has 58 heavy (non-hydrogen) atoms. The van der Waals surface area contributed by atoms with Crippen LogP contribution in [0.3, 0.4) is 0 Å². The number of carboxylic acid groups (broad SMARTS) is 1. The molecule has 5 aromatic rings. The Morgan fingerprint density at radius 2 is 1.67 bits per heavy atom. The number of fused-ring (bicyclic) bond motifs is 1. The SMILES string of the molecule is COc1nc(-c2cccc(-c3cccc(-c4ccn5c(=O)c(CN6CCC[C@H]6C(=O)O)cnc5c4)c3Cl)c2Cl)ccc1CN(C[C@@H]1CCC(=O)N1)C(=O)OC(C)(C)C. The fourth-order valence-corrected chi connectivity index (χ4v) is 8.20. The van der Waals surface area contributed by atoms with Crippen LogP contribution in [0.2, 0.25) is 10.0 Å². The first-order valence-corrected chi connectivity index (χ1v) is 19.8. The summed E-state index contributed by atoms with van der Waals surface area (Å²) in [6.45, 7) is 6.63. The topological polar surface area (TPSA) is 156 Å². The van der Waals surface area contributed by atoms with Crippen molar-refractivity contribution in [3.05, 3.63) is 105 Å². The van der Waals surface area contributed by atoms with E-state index >= 15 is 0 Å². The Kier molecular flexibility index (Phi) is 11.8. The van der Waals surface area contributed by atoms with Gasteiger partial charge < -0.3 is 24.8 Å². The first-order chi connectivity index (χ1) is 27.7. The average Bonchev–Trinajstić information content (AvgIpc) is 3.84. The standard InChI is InChI=1S/C43H44Cl2N6O7/c1-43(2,3)58-42(56)50(24-28-14-16-36(52)47-28)22-26-13-15-33(48-39(26)57-4)32-11-6-10-31(38(32)45)30-9-5-8-29(37(30)44)25-17-19-51-35(20-25)46-21-27(40(51)53)23-49-18-7-12-34(49)41(54)55/h5-6,8-11,13,15,17,19-21,28,34H,7,12,14,16,18,22-24H2,1-4H3,(H,47,52)(H,54,55)/t28-,34-/m0/s1. The van der Waals surface area contributed by atoms with Gasteiger partial charge in [0.15, 0.2) is 0 Å². The summed E-state index contributed by atoms with van der Waals surface area (Å²) in [7, 11) is 1.51. The highest BCUT2D eigenvalue weighted by atomic mass is 35.5. The van der Waals surface area contributed by atoms with Crippen LogP contribution < -0.4 is 15.6 Å². The zero-order valence-corrected chi connectivity index (χ0v) is 34.1. The molecule has 15 heteroatoms. The lowest BCUT2D eigenvalue weighted by atomic mass is 9.97. The van der Waals surface area contributed by atoms with Crippen LogP contribution in [0, 0.1) is 0 Å². The number of halogens is 2. The largest absolute Gasteiger partial charge is 0.481 e. The number of hydrogen-bond acceptors (Lipinski definition) is 9. The van der Waals surface area contributed by atoms with E-state index in [4.69, 9.17) is 37.7 Å². The van der Waals surface area contributed by atoms with Crippen molar-refractivity contribution < 1.29 is 29.0 Å². The summed E-state index contributed by atoms with van der Waals surface area (Å²) < 4.78 is 12.9. The van der Waals surface area contributed by atoms with Crippen LogP contribution in [0.25, 0.3) is 39.2 Å². The monoisotopic (exact) mass is 826 g/mol. The Balaban J connectivity index is 1.15. The van der Waals surface area contributed by atoms with Crippen molar-refractivity contribution in [2.24, 2.45) is 0 Å². The summed E-state index contributed by atoms with van der Waals surface area (Å²) >= 11 is 14.3. The van der Waals surface area contributed by atoms with Gasteiger partial charge in [-0.1, -0.05) is 59.6 Å². The smallest absolute Gasteiger partial charge is 0.410 e. The van der Waals surface area contributed by atoms with Gasteiger partial charge in [-0.05, 0) is 76.4 Å². The highest BCUT2D eigenvalue weighted by Crippen LogP contribution is 2.42. The Morgan fingerprint density at radius 3 is 2.34 bits per heavy atom. The minimum atomic E-state index is -0.886. The average molecular weight is 828 g/mol. The highest BCUT2D eigenvalue weighted by Gasteiger charge is 2.32. The maximum atomic E-state index is 13.4. The summed E-state index contributed by atoms with van der Waals surface area (Å²) in [4.78, 5) is 63.1. The molecule has 0 radical (unpaired) electrons. The van der Waals surface area contributed by atoms with E-state index in [1.165, 1.54) is 17.7 Å². The predicted molar refractivity (Wildman–Crippen MR) is 221 cm³/mol. The van der Waals surface area contributed by atoms with Crippen LogP contribution in [-0.2, 0) is 27.4 Å². The fraction of sp³-hybridized carbons (Fsp3) is 0.349. The first kappa shape index (κ1) is 40.7. The number of carbonyl (C=O) groups excluding carboxylic acids is 2. The zero-order chi connectivity index (χ0) is 41.3. The second kappa shape index (κ2) is 16.8. The highest BCUT2D eigenvalue weighted by molar-refractivity contribution is 6.39. The van der Waals surface area contributed by atoms with E-state index in [1.54, 1.807) is 48.9 Å². The lowest BCUT2D eigenvalue weighted by Gasteiger charge is -2.29. The molecule has 0 unspecified atom stereocenters. The van der Waals surface area contributed by atoms with E-state index in [1.807, 2.05) is 48.5 Å². The van der Waals surface area contributed by atoms with E-state index in [9.17, 15) is 24.3 Å². The first-order valence-electron chi connectivity index (χ1n) is 19.1. The normalized spacial score (nSPS) is 17.0. The number of benzene rings is 2. The lowest BCUT2D eigenvalue weighted by molar-refractivity contribution is -0.142. The molecule has 7 rings (SSSR count). The lowest BCUT2D eigenvalue weighted by Crippen LogP contribution is -2.43. The van der Waals surface area contributed by atoms with Crippen LogP contribution in [0.15, 0.2) is 77.9 Å². The van der Waals surface area contributed by atoms with Gasteiger partial charge >= 0.3 is 12.1 Å². The summed E-state index contributed by atoms with van der Waals surface area (Å²) in [6, 6.07) is 17.7. The molecule has 0 aliphatic carbocycles. The van der Waals surface area contributed by atoms with E-state index < -0.39 is 23.7 Å². The molecule has 302 valence electrons. The molecule has 2 aliphatic rings. The van der Waals surface area contributed by atoms with Crippen molar-refractivity contribution in [3.8, 4) is 39.4 Å². The second-order valence-corrected chi connectivity index (χ2v) is 16.3. The maximum Gasteiger partial charge on any atom is 0.410 e. The number of methoxy groups -OCH3 is 1. The number of aromatic nitrogens is 3. The Morgan fingerprint density at radius 1 is 0.966 bits per heavy atom. The number of hydrogen-bond donors (Lipinski definition) is 2. The number of aliphatic carboxylic acids is 1. The van der Waals surface area contributed by atoms with Gasteiger partial charge in [0.05, 0.1) is 35.0 Å². The number of pyridine rings is 2. The molecule has 2 amide bonds. The molecule has 0 bridgehead atoms. The van der Waals surface area contributed by atoms with E-state index in [0.29, 0.717) is 86.5 Å². The third-order valence-electron chi connectivity index (χ3n) is 10.3. The summed E-state index contributed by atoms with van der Waals surface area (Å²) in [5, 5.41) is 13.4. The van der Waals surface area contributed by atoms with E-state index in [-0.39, 0.29) is 37.1 Å². The molecule has 5 heterocycles. The van der Waals surface area contributed by atoms with E-state index in [2.05, 4.69) is 10.3 Å². The zero-order valence-electron chi connectivity index (χ0n) is 32.6. The number of nitrogens with zero attached hydrogens (tertiary/aromatic N) is 5. The molecular formula is C43H44Cl2N6O7. The summed E-state index contributed by atoms with van der Waals surface area (Å²) in [5.74, 6) is -0.625. The van der Waals surface area contributed by atoms with Crippen molar-refractivity contribution in [3.63, 3.8) is 0 Å². The van der Waals surface area contributed by atoms with Gasteiger partial charge in [-0.25, -0.2) is 14.8 Å². The second-order valence-electron chi connectivity index (χ2n) is 15.6. The van der Waals surface area contributed by atoms with Crippen molar-refractivity contribution in [1.82, 2.24) is 29.5 Å². The molecule has 2 aliphatic heterocycles. The number of rotatable bonds is 11. The van der Waals surface area contributed by atoms with Crippen LogP contribution in [-0.4, -0.2) is 85.1 Å². The third kappa shape index (κ3) is 8.66. The molecule has 3 aromatic heterocycles. The predicted octanol–water partition coefficient (Wildman–Crippen LogP) is 7.47. The molecule has 2 atom stereocenters. The summed E-state index contributed by atoms with van der Waals surface area (Å²) in [5.41, 5.74) is 4.50. The molecule has 2 aromatic carbocycles. The minimum absolute atomic E-state index is 0.0450. The van der Waals surface area contributed by atoms with E-state index in [0.717, 1.165) is 12.0 Å². The third-order valence-corrected chi connectivity index (χ3v) is 11.2. The number of ether oxygens (including phenoxy) is 2. The number of likely N-dealkylation sites (tertiary alicyclic amines) is 1. The van der Waals surface area contributed by atoms with Crippen LogP contribution >= 0.6 is 23.2 Å². The van der Waals surface area contributed by atoms with Gasteiger partial charge in [0.25, 0.3) is 5.56 Å². The van der Waals surface area contributed by atoms with Crippen LogP contribution in [0.5, 0.6) is 5.88 Å². The van der Waals surface area contributed by atoms with Crippen LogP contribution in [0.4, 0.5) is 4.79 Å². The molecular weight excluding hydrogens is 783 g/mol. The summed E-state index contributed by atoms with van der Waals surface area (Å²) in [6.07, 6.45) is 5.00. The number of carbonyl (C=O) groups is 3. The Bertz CT molecular complexity index is 2470. The van der Waals surface area contributed by atoms with Gasteiger partial charge in [0.2, 0.25) is 11.8 Å². The van der Waals surface area contributed by atoms with Crippen molar-refractivity contribution in [2.75, 3.05) is 20.2 Å². The van der Waals surface area contributed by atoms with Gasteiger partial charge in [-0.2, -0.15) is 0 Å². The van der Waals surface area contributed by atoms with Gasteiger partial charge in [0.1, 0.15) is 17.3 Å². The van der Waals surface area contributed by atoms with Gasteiger partial charge in [0, 0.05) is 65.8 Å². The molecule has 2 N–H and O–H groups in total. The number of carboxylic acids is 1. The van der Waals surface area contributed by atoms with Crippen molar-refractivity contribution in [1.29, 1.82) is 0 Å². The van der Waals surface area contributed by atoms with Crippen molar-refractivity contribution in [2.45, 2.75) is 77.2 Å². The minimum Gasteiger partial charge on any atom is -0.481 e. The molecule has 0 saturated carbocycles. The molecule has 0 spiro atoms. The molecule has 2 saturated heterocycles. The van der Waals surface area contributed by atoms with Gasteiger partial charge in [-0.3, -0.25) is 23.7 Å². The number of nitrogens with one attached hydrogen (secondary N) is 1. The molecule has 13 nitrogen and oxygen atoms in total. The van der Waals surface area contributed by atoms with Crippen LogP contribution in [0.1, 0.15) is 57.6 Å². The quantitative estimate of drug-likeness (QED) is 0.137. The Labute approximate surface area is 345 Å².